The standard InChI is InChI=1S/C23H19F4N5O2/c1-32(2)20(28)13-7-9-15(17(24)11-13)21(33)30-18-6-4-3-5-16(18)22(34)31-19-10-8-14(12-29-19)23(25,26)27/h3-12,28H,1-2H3,(H,30,33)(H,29,31,34). The molecule has 0 bridgehead atoms. The Hall–Kier alpha value is -4.28. The van der Waals surface area contributed by atoms with E-state index in [0.29, 0.717) is 6.20 Å². The van der Waals surface area contributed by atoms with Gasteiger partial charge in [0.2, 0.25) is 0 Å². The highest BCUT2D eigenvalue weighted by atomic mass is 19.4. The number of halogens is 4. The molecular weight excluding hydrogens is 454 g/mol. The molecule has 7 nitrogen and oxygen atoms in total. The third-order valence-electron chi connectivity index (χ3n) is 4.69. The van der Waals surface area contributed by atoms with E-state index in [4.69, 9.17) is 5.41 Å². The van der Waals surface area contributed by atoms with Crippen LogP contribution in [0.5, 0.6) is 0 Å². The smallest absolute Gasteiger partial charge is 0.363 e. The summed E-state index contributed by atoms with van der Waals surface area (Å²) in [7, 11) is 3.26. The van der Waals surface area contributed by atoms with Crippen molar-refractivity contribution >= 4 is 29.2 Å². The number of carbonyl (C=O) groups excluding carboxylic acids is 2. The van der Waals surface area contributed by atoms with E-state index in [-0.39, 0.29) is 34.0 Å². The molecule has 2 amide bonds. The Morgan fingerprint density at radius 1 is 0.941 bits per heavy atom. The summed E-state index contributed by atoms with van der Waals surface area (Å²) in [6.45, 7) is 0. The summed E-state index contributed by atoms with van der Waals surface area (Å²) in [6, 6.07) is 11.4. The van der Waals surface area contributed by atoms with Gasteiger partial charge in [0.1, 0.15) is 17.5 Å². The molecule has 1 aromatic heterocycles. The Bertz CT molecular complexity index is 1240. The van der Waals surface area contributed by atoms with Crippen LogP contribution in [0.2, 0.25) is 0 Å². The van der Waals surface area contributed by atoms with Crippen molar-refractivity contribution in [1.29, 1.82) is 5.41 Å². The molecule has 0 saturated heterocycles. The summed E-state index contributed by atoms with van der Waals surface area (Å²) >= 11 is 0. The van der Waals surface area contributed by atoms with Crippen LogP contribution in [0, 0.1) is 11.2 Å². The van der Waals surface area contributed by atoms with Gasteiger partial charge in [-0.25, -0.2) is 9.37 Å². The SMILES string of the molecule is CN(C)C(=N)c1ccc(C(=O)Nc2ccccc2C(=O)Nc2ccc(C(F)(F)F)cn2)c(F)c1. The van der Waals surface area contributed by atoms with Gasteiger partial charge < -0.3 is 15.5 Å². The fourth-order valence-corrected chi connectivity index (χ4v) is 2.90. The molecule has 0 saturated carbocycles. The van der Waals surface area contributed by atoms with Crippen LogP contribution in [0.4, 0.5) is 29.1 Å². The molecule has 0 aliphatic rings. The quantitative estimate of drug-likeness (QED) is 0.286. The summed E-state index contributed by atoms with van der Waals surface area (Å²) in [4.78, 5) is 30.4. The summed E-state index contributed by atoms with van der Waals surface area (Å²) in [5.41, 5.74) is -0.935. The van der Waals surface area contributed by atoms with E-state index in [2.05, 4.69) is 15.6 Å². The summed E-state index contributed by atoms with van der Waals surface area (Å²) in [5.74, 6) is -2.47. The molecule has 11 heteroatoms. The zero-order valence-electron chi connectivity index (χ0n) is 18.0. The highest BCUT2D eigenvalue weighted by molar-refractivity contribution is 6.12. The van der Waals surface area contributed by atoms with Crippen LogP contribution >= 0.6 is 0 Å². The molecule has 0 aliphatic carbocycles. The van der Waals surface area contributed by atoms with Crippen LogP contribution in [0.25, 0.3) is 0 Å². The predicted octanol–water partition coefficient (Wildman–Crippen LogP) is 4.63. The molecular formula is C23H19F4N5O2. The van der Waals surface area contributed by atoms with Crippen LogP contribution in [0.3, 0.4) is 0 Å². The van der Waals surface area contributed by atoms with Gasteiger partial charge in [-0.1, -0.05) is 18.2 Å². The number of aromatic nitrogens is 1. The van der Waals surface area contributed by atoms with Crippen molar-refractivity contribution in [2.24, 2.45) is 0 Å². The van der Waals surface area contributed by atoms with E-state index in [0.717, 1.165) is 18.2 Å². The summed E-state index contributed by atoms with van der Waals surface area (Å²) in [5, 5.41) is 12.7. The van der Waals surface area contributed by atoms with E-state index < -0.39 is 29.4 Å². The summed E-state index contributed by atoms with van der Waals surface area (Å²) < 4.78 is 52.6. The average molecular weight is 473 g/mol. The van der Waals surface area contributed by atoms with E-state index in [1.807, 2.05) is 0 Å². The van der Waals surface area contributed by atoms with Crippen LogP contribution < -0.4 is 10.6 Å². The minimum atomic E-state index is -4.56. The van der Waals surface area contributed by atoms with Gasteiger partial charge in [-0.05, 0) is 36.4 Å². The van der Waals surface area contributed by atoms with Gasteiger partial charge in [-0.15, -0.1) is 0 Å². The molecule has 2 aromatic carbocycles. The van der Waals surface area contributed by atoms with Gasteiger partial charge in [0, 0.05) is 25.9 Å². The van der Waals surface area contributed by atoms with Crippen LogP contribution in [-0.2, 0) is 6.18 Å². The van der Waals surface area contributed by atoms with Crippen molar-refractivity contribution in [1.82, 2.24) is 9.88 Å². The number of nitrogens with one attached hydrogen (secondary N) is 3. The molecule has 0 atom stereocenters. The second kappa shape index (κ2) is 9.69. The molecule has 0 radical (unpaired) electrons. The first-order chi connectivity index (χ1) is 16.0. The van der Waals surface area contributed by atoms with Gasteiger partial charge in [-0.3, -0.25) is 15.0 Å². The highest BCUT2D eigenvalue weighted by Crippen LogP contribution is 2.29. The topological polar surface area (TPSA) is 98.2 Å². The van der Waals surface area contributed by atoms with Crippen LogP contribution in [0.1, 0.15) is 31.8 Å². The van der Waals surface area contributed by atoms with Crippen molar-refractivity contribution in [3.05, 3.63) is 88.9 Å². The first kappa shape index (κ1) is 24.4. The molecule has 176 valence electrons. The average Bonchev–Trinajstić information content (AvgIpc) is 2.78. The number of alkyl halides is 3. The van der Waals surface area contributed by atoms with Crippen molar-refractivity contribution in [3.8, 4) is 0 Å². The Morgan fingerprint density at radius 3 is 2.21 bits per heavy atom. The zero-order valence-corrected chi connectivity index (χ0v) is 18.0. The van der Waals surface area contributed by atoms with Crippen molar-refractivity contribution < 1.29 is 27.2 Å². The van der Waals surface area contributed by atoms with Gasteiger partial charge >= 0.3 is 6.18 Å². The minimum Gasteiger partial charge on any atom is -0.363 e. The maximum absolute atomic E-state index is 14.5. The number of rotatable bonds is 5. The number of nitrogens with zero attached hydrogens (tertiary/aromatic N) is 2. The fraction of sp³-hybridized carbons (Fsp3) is 0.130. The van der Waals surface area contributed by atoms with Gasteiger partial charge in [0.05, 0.1) is 22.4 Å². The number of anilines is 2. The molecule has 0 fully saturated rings. The predicted molar refractivity (Wildman–Crippen MR) is 119 cm³/mol. The summed E-state index contributed by atoms with van der Waals surface area (Å²) in [6.07, 6.45) is -3.97. The Labute approximate surface area is 191 Å². The number of amidine groups is 1. The number of carbonyl (C=O) groups is 2. The molecule has 3 aromatic rings. The first-order valence-corrected chi connectivity index (χ1v) is 9.78. The molecule has 34 heavy (non-hydrogen) atoms. The lowest BCUT2D eigenvalue weighted by Gasteiger charge is -2.15. The van der Waals surface area contributed by atoms with Gasteiger partial charge in [0.15, 0.2) is 0 Å². The third kappa shape index (κ3) is 5.55. The Kier molecular flexibility index (Phi) is 6.94. The number of benzene rings is 2. The van der Waals surface area contributed by atoms with Crippen molar-refractivity contribution in [2.75, 3.05) is 24.7 Å². The lowest BCUT2D eigenvalue weighted by atomic mass is 10.1. The highest BCUT2D eigenvalue weighted by Gasteiger charge is 2.30. The molecule has 0 aliphatic heterocycles. The third-order valence-corrected chi connectivity index (χ3v) is 4.69. The molecule has 0 unspecified atom stereocenters. The Balaban J connectivity index is 1.78. The molecule has 3 rings (SSSR count). The van der Waals surface area contributed by atoms with Crippen molar-refractivity contribution in [3.63, 3.8) is 0 Å². The van der Waals surface area contributed by atoms with Crippen LogP contribution in [0.15, 0.2) is 60.8 Å². The largest absolute Gasteiger partial charge is 0.417 e. The lowest BCUT2D eigenvalue weighted by molar-refractivity contribution is -0.137. The maximum Gasteiger partial charge on any atom is 0.417 e. The van der Waals surface area contributed by atoms with Crippen molar-refractivity contribution in [2.45, 2.75) is 6.18 Å². The van der Waals surface area contributed by atoms with Crippen LogP contribution in [-0.4, -0.2) is 41.6 Å². The minimum absolute atomic E-state index is 0.0102. The fourth-order valence-electron chi connectivity index (χ4n) is 2.90. The lowest BCUT2D eigenvalue weighted by Crippen LogP contribution is -2.23. The second-order valence-corrected chi connectivity index (χ2v) is 7.32. The number of hydrogen-bond acceptors (Lipinski definition) is 4. The maximum atomic E-state index is 14.5. The first-order valence-electron chi connectivity index (χ1n) is 9.78. The number of pyridine rings is 1. The number of para-hydroxylation sites is 1. The van der Waals surface area contributed by atoms with E-state index in [9.17, 15) is 27.2 Å². The van der Waals surface area contributed by atoms with Gasteiger partial charge in [-0.2, -0.15) is 13.2 Å². The monoisotopic (exact) mass is 473 g/mol. The van der Waals surface area contributed by atoms with Gasteiger partial charge in [0.25, 0.3) is 11.8 Å². The molecule has 0 spiro atoms. The van der Waals surface area contributed by atoms with E-state index in [1.165, 1.54) is 35.2 Å². The number of amides is 2. The molecule has 3 N–H and O–H groups in total. The van der Waals surface area contributed by atoms with E-state index >= 15 is 0 Å². The zero-order chi connectivity index (χ0) is 25.0. The molecule has 1 heterocycles. The van der Waals surface area contributed by atoms with E-state index in [1.54, 1.807) is 20.2 Å². The number of hydrogen-bond donors (Lipinski definition) is 3. The second-order valence-electron chi connectivity index (χ2n) is 7.32. The normalized spacial score (nSPS) is 11.0. The Morgan fingerprint density at radius 2 is 1.62 bits per heavy atom.